The van der Waals surface area contributed by atoms with Crippen molar-refractivity contribution in [2.24, 2.45) is 0 Å². The molecule has 6 nitrogen and oxygen atoms in total. The molecule has 0 aliphatic rings. The zero-order valence-electron chi connectivity index (χ0n) is 11.1. The van der Waals surface area contributed by atoms with Gasteiger partial charge in [-0.3, -0.25) is 19.8 Å². The number of carboxylic acids is 1. The number of non-ortho nitro benzene ring substituents is 1. The summed E-state index contributed by atoms with van der Waals surface area (Å²) >= 11 is 0. The van der Waals surface area contributed by atoms with Crippen LogP contribution in [0, 0.1) is 10.1 Å². The number of carboxylic acid groups (broad SMARTS) is 1. The van der Waals surface area contributed by atoms with Crippen LogP contribution in [0.3, 0.4) is 0 Å². The molecule has 1 unspecified atom stereocenters. The van der Waals surface area contributed by atoms with Gasteiger partial charge in [-0.15, -0.1) is 0 Å². The van der Waals surface area contributed by atoms with Crippen LogP contribution in [-0.2, 0) is 4.79 Å². The second-order valence-corrected chi connectivity index (χ2v) is 4.39. The fourth-order valence-corrected chi connectivity index (χ4v) is 1.96. The van der Waals surface area contributed by atoms with Gasteiger partial charge in [-0.05, 0) is 25.5 Å². The highest BCUT2D eigenvalue weighted by molar-refractivity contribution is 5.69. The molecule has 1 aromatic rings. The molecule has 0 saturated heterocycles. The van der Waals surface area contributed by atoms with Gasteiger partial charge in [0.05, 0.1) is 11.5 Å². The molecule has 0 fully saturated rings. The Morgan fingerprint density at radius 2 is 2.00 bits per heavy atom. The van der Waals surface area contributed by atoms with Crippen LogP contribution in [0.5, 0.6) is 0 Å². The van der Waals surface area contributed by atoms with Crippen molar-refractivity contribution in [2.75, 3.05) is 13.1 Å². The molecule has 0 aliphatic heterocycles. The maximum atomic E-state index is 10.8. The lowest BCUT2D eigenvalue weighted by Gasteiger charge is -2.27. The normalized spacial score (nSPS) is 12.4. The highest BCUT2D eigenvalue weighted by Gasteiger charge is 2.18. The van der Waals surface area contributed by atoms with Crippen LogP contribution >= 0.6 is 0 Å². The number of benzene rings is 1. The van der Waals surface area contributed by atoms with E-state index in [0.29, 0.717) is 6.54 Å². The number of aliphatic carboxylic acids is 1. The van der Waals surface area contributed by atoms with E-state index >= 15 is 0 Å². The molecule has 0 amide bonds. The van der Waals surface area contributed by atoms with Crippen molar-refractivity contribution >= 4 is 11.7 Å². The Balaban J connectivity index is 2.85. The average molecular weight is 266 g/mol. The fraction of sp³-hybridized carbons (Fsp3) is 0.462. The molecular weight excluding hydrogens is 248 g/mol. The summed E-state index contributed by atoms with van der Waals surface area (Å²) in [6.07, 6.45) is 0.852. The summed E-state index contributed by atoms with van der Waals surface area (Å²) in [4.78, 5) is 22.8. The number of nitro groups is 1. The molecule has 1 aromatic carbocycles. The quantitative estimate of drug-likeness (QED) is 0.605. The van der Waals surface area contributed by atoms with Crippen LogP contribution in [0.2, 0.25) is 0 Å². The molecule has 0 heterocycles. The minimum Gasteiger partial charge on any atom is -0.480 e. The van der Waals surface area contributed by atoms with E-state index in [9.17, 15) is 14.9 Å². The molecular formula is C13H18N2O4. The third kappa shape index (κ3) is 4.33. The SMILES string of the molecule is CCCN(CC(=O)O)C(C)c1ccc([N+](=O)[O-])cc1. The fourth-order valence-electron chi connectivity index (χ4n) is 1.96. The van der Waals surface area contributed by atoms with E-state index in [2.05, 4.69) is 0 Å². The van der Waals surface area contributed by atoms with Crippen molar-refractivity contribution < 1.29 is 14.8 Å². The number of hydrogen-bond acceptors (Lipinski definition) is 4. The summed E-state index contributed by atoms with van der Waals surface area (Å²) in [5.74, 6) is -0.873. The van der Waals surface area contributed by atoms with E-state index in [4.69, 9.17) is 5.11 Å². The number of carbonyl (C=O) groups is 1. The van der Waals surface area contributed by atoms with Crippen molar-refractivity contribution in [2.45, 2.75) is 26.3 Å². The minimum absolute atomic E-state index is 0.0357. The highest BCUT2D eigenvalue weighted by atomic mass is 16.6. The first-order valence-corrected chi connectivity index (χ1v) is 6.16. The minimum atomic E-state index is -0.873. The molecule has 0 bridgehead atoms. The summed E-state index contributed by atoms with van der Waals surface area (Å²) in [6.45, 7) is 4.52. The zero-order valence-corrected chi connectivity index (χ0v) is 11.1. The maximum Gasteiger partial charge on any atom is 0.317 e. The van der Waals surface area contributed by atoms with Gasteiger partial charge in [-0.25, -0.2) is 0 Å². The highest BCUT2D eigenvalue weighted by Crippen LogP contribution is 2.22. The molecule has 0 saturated carbocycles. The molecule has 0 aliphatic carbocycles. The Morgan fingerprint density at radius 1 is 1.42 bits per heavy atom. The van der Waals surface area contributed by atoms with Crippen LogP contribution in [0.15, 0.2) is 24.3 Å². The van der Waals surface area contributed by atoms with E-state index in [0.717, 1.165) is 12.0 Å². The zero-order chi connectivity index (χ0) is 14.4. The van der Waals surface area contributed by atoms with E-state index in [1.807, 2.05) is 18.7 Å². The standard InChI is InChI=1S/C13H18N2O4/c1-3-8-14(9-13(16)17)10(2)11-4-6-12(7-5-11)15(18)19/h4-7,10H,3,8-9H2,1-2H3,(H,16,17). The van der Waals surface area contributed by atoms with Crippen LogP contribution in [0.4, 0.5) is 5.69 Å². The summed E-state index contributed by atoms with van der Waals surface area (Å²) in [5, 5.41) is 19.5. The summed E-state index contributed by atoms with van der Waals surface area (Å²) < 4.78 is 0. The van der Waals surface area contributed by atoms with Crippen LogP contribution in [0.1, 0.15) is 31.9 Å². The topological polar surface area (TPSA) is 83.7 Å². The summed E-state index contributed by atoms with van der Waals surface area (Å²) in [6, 6.07) is 6.14. The summed E-state index contributed by atoms with van der Waals surface area (Å²) in [7, 11) is 0. The monoisotopic (exact) mass is 266 g/mol. The van der Waals surface area contributed by atoms with Gasteiger partial charge in [0.2, 0.25) is 0 Å². The smallest absolute Gasteiger partial charge is 0.317 e. The van der Waals surface area contributed by atoms with Crippen LogP contribution in [-0.4, -0.2) is 34.0 Å². The van der Waals surface area contributed by atoms with E-state index in [1.165, 1.54) is 12.1 Å². The molecule has 104 valence electrons. The predicted molar refractivity (Wildman–Crippen MR) is 71.0 cm³/mol. The average Bonchev–Trinajstić information content (AvgIpc) is 2.37. The Kier molecular flexibility index (Phi) is 5.44. The van der Waals surface area contributed by atoms with Crippen LogP contribution in [0.25, 0.3) is 0 Å². The lowest BCUT2D eigenvalue weighted by molar-refractivity contribution is -0.384. The first kappa shape index (κ1) is 15.1. The van der Waals surface area contributed by atoms with Gasteiger partial charge in [0.25, 0.3) is 5.69 Å². The molecule has 1 rings (SSSR count). The van der Waals surface area contributed by atoms with Crippen molar-refractivity contribution in [3.05, 3.63) is 39.9 Å². The Morgan fingerprint density at radius 3 is 2.42 bits per heavy atom. The van der Waals surface area contributed by atoms with Crippen molar-refractivity contribution in [3.8, 4) is 0 Å². The third-order valence-corrected chi connectivity index (χ3v) is 2.98. The first-order valence-electron chi connectivity index (χ1n) is 6.16. The summed E-state index contributed by atoms with van der Waals surface area (Å²) in [5.41, 5.74) is 0.913. The van der Waals surface area contributed by atoms with Gasteiger partial charge in [-0.2, -0.15) is 0 Å². The van der Waals surface area contributed by atoms with Gasteiger partial charge >= 0.3 is 5.97 Å². The van der Waals surface area contributed by atoms with E-state index < -0.39 is 10.9 Å². The molecule has 1 N–H and O–H groups in total. The number of nitro benzene ring substituents is 1. The van der Waals surface area contributed by atoms with Crippen molar-refractivity contribution in [3.63, 3.8) is 0 Å². The second kappa shape index (κ2) is 6.84. The van der Waals surface area contributed by atoms with E-state index in [-0.39, 0.29) is 18.3 Å². The largest absolute Gasteiger partial charge is 0.480 e. The third-order valence-electron chi connectivity index (χ3n) is 2.98. The van der Waals surface area contributed by atoms with Crippen molar-refractivity contribution in [1.82, 2.24) is 4.90 Å². The number of hydrogen-bond donors (Lipinski definition) is 1. The van der Waals surface area contributed by atoms with Crippen molar-refractivity contribution in [1.29, 1.82) is 0 Å². The Hall–Kier alpha value is -1.95. The second-order valence-electron chi connectivity index (χ2n) is 4.39. The molecule has 0 spiro atoms. The van der Waals surface area contributed by atoms with Gasteiger partial charge < -0.3 is 5.11 Å². The predicted octanol–water partition coefficient (Wildman–Crippen LogP) is 2.45. The molecule has 0 aromatic heterocycles. The number of nitrogens with zero attached hydrogens (tertiary/aromatic N) is 2. The molecule has 0 radical (unpaired) electrons. The lowest BCUT2D eigenvalue weighted by Crippen LogP contribution is -2.33. The molecule has 19 heavy (non-hydrogen) atoms. The Bertz CT molecular complexity index is 444. The number of rotatable bonds is 7. The van der Waals surface area contributed by atoms with E-state index in [1.54, 1.807) is 12.1 Å². The Labute approximate surface area is 111 Å². The maximum absolute atomic E-state index is 10.8. The van der Waals surface area contributed by atoms with Gasteiger partial charge in [0.15, 0.2) is 0 Å². The van der Waals surface area contributed by atoms with Crippen LogP contribution < -0.4 is 0 Å². The molecule has 1 atom stereocenters. The van der Waals surface area contributed by atoms with Gasteiger partial charge in [0, 0.05) is 18.2 Å². The lowest BCUT2D eigenvalue weighted by atomic mass is 10.1. The van der Waals surface area contributed by atoms with Gasteiger partial charge in [-0.1, -0.05) is 19.1 Å². The van der Waals surface area contributed by atoms with Gasteiger partial charge in [0.1, 0.15) is 0 Å². The molecule has 6 heteroatoms. The first-order chi connectivity index (χ1) is 8.95.